The van der Waals surface area contributed by atoms with Gasteiger partial charge < -0.3 is 9.64 Å². The lowest BCUT2D eigenvalue weighted by molar-refractivity contribution is 0.116. The molecule has 0 aliphatic carbocycles. The van der Waals surface area contributed by atoms with Crippen LogP contribution in [0.25, 0.3) is 0 Å². The van der Waals surface area contributed by atoms with Crippen LogP contribution in [-0.2, 0) is 10.6 Å². The zero-order valence-electron chi connectivity index (χ0n) is 10.3. The average molecular weight is 276 g/mol. The number of hydrogen-bond donors (Lipinski definition) is 0. The molecule has 0 radical (unpaired) electrons. The van der Waals surface area contributed by atoms with Crippen LogP contribution in [0.3, 0.4) is 0 Å². The van der Waals surface area contributed by atoms with Crippen LogP contribution in [0.2, 0.25) is 0 Å². The number of halogens is 3. The van der Waals surface area contributed by atoms with Crippen molar-refractivity contribution in [2.45, 2.75) is 24.8 Å². The Balaban J connectivity index is 2.15. The van der Waals surface area contributed by atoms with Crippen LogP contribution in [0.1, 0.15) is 18.4 Å². The third-order valence-corrected chi connectivity index (χ3v) is 3.42. The SMILES string of the molecule is CN(CC1CCCO1)c1c(F)cc(CCl)cc1F. The van der Waals surface area contributed by atoms with E-state index >= 15 is 0 Å². The minimum atomic E-state index is -0.578. The summed E-state index contributed by atoms with van der Waals surface area (Å²) in [4.78, 5) is 1.57. The molecular weight excluding hydrogens is 260 g/mol. The van der Waals surface area contributed by atoms with Gasteiger partial charge >= 0.3 is 0 Å². The van der Waals surface area contributed by atoms with Crippen molar-refractivity contribution >= 4 is 17.3 Å². The molecule has 0 N–H and O–H groups in total. The maximum absolute atomic E-state index is 13.8. The van der Waals surface area contributed by atoms with E-state index in [1.165, 1.54) is 12.1 Å². The minimum Gasteiger partial charge on any atom is -0.376 e. The summed E-state index contributed by atoms with van der Waals surface area (Å²) in [5.41, 5.74) is 0.431. The van der Waals surface area contributed by atoms with Crippen LogP contribution in [0, 0.1) is 11.6 Å². The Morgan fingerprint density at radius 3 is 2.56 bits per heavy atom. The second kappa shape index (κ2) is 5.85. The summed E-state index contributed by atoms with van der Waals surface area (Å²) in [5.74, 6) is -1.05. The zero-order valence-corrected chi connectivity index (χ0v) is 11.0. The van der Waals surface area contributed by atoms with Crippen molar-refractivity contribution in [2.75, 3.05) is 25.1 Å². The highest BCUT2D eigenvalue weighted by Gasteiger charge is 2.21. The Bertz CT molecular complexity index is 398. The van der Waals surface area contributed by atoms with Crippen LogP contribution in [-0.4, -0.2) is 26.3 Å². The average Bonchev–Trinajstić information content (AvgIpc) is 2.80. The second-order valence-electron chi connectivity index (χ2n) is 4.56. The molecule has 0 aromatic heterocycles. The summed E-state index contributed by atoms with van der Waals surface area (Å²) in [7, 11) is 1.67. The number of anilines is 1. The smallest absolute Gasteiger partial charge is 0.149 e. The fourth-order valence-electron chi connectivity index (χ4n) is 2.24. The summed E-state index contributed by atoms with van der Waals surface area (Å²) in [6.07, 6.45) is 2.00. The largest absolute Gasteiger partial charge is 0.376 e. The number of alkyl halides is 1. The van der Waals surface area contributed by atoms with E-state index in [0.29, 0.717) is 12.1 Å². The molecule has 1 fully saturated rings. The molecule has 2 nitrogen and oxygen atoms in total. The molecule has 5 heteroatoms. The van der Waals surface area contributed by atoms with Gasteiger partial charge in [-0.2, -0.15) is 0 Å². The Morgan fingerprint density at radius 2 is 2.06 bits per heavy atom. The molecular formula is C13H16ClF2NO. The molecule has 1 heterocycles. The van der Waals surface area contributed by atoms with Crippen molar-refractivity contribution in [3.05, 3.63) is 29.3 Å². The quantitative estimate of drug-likeness (QED) is 0.782. The molecule has 0 bridgehead atoms. The Kier molecular flexibility index (Phi) is 4.40. The van der Waals surface area contributed by atoms with Gasteiger partial charge in [0.2, 0.25) is 0 Å². The molecule has 1 aliphatic heterocycles. The van der Waals surface area contributed by atoms with E-state index in [0.717, 1.165) is 19.4 Å². The molecule has 1 atom stereocenters. The Hall–Kier alpha value is -0.870. The lowest BCUT2D eigenvalue weighted by Gasteiger charge is -2.24. The van der Waals surface area contributed by atoms with Crippen molar-refractivity contribution in [3.8, 4) is 0 Å². The third kappa shape index (κ3) is 2.93. The topological polar surface area (TPSA) is 12.5 Å². The number of ether oxygens (including phenoxy) is 1. The summed E-state index contributed by atoms with van der Waals surface area (Å²) in [6, 6.07) is 2.55. The number of hydrogen-bond acceptors (Lipinski definition) is 2. The highest BCUT2D eigenvalue weighted by atomic mass is 35.5. The van der Waals surface area contributed by atoms with Gasteiger partial charge in [0.15, 0.2) is 0 Å². The number of nitrogens with zero attached hydrogens (tertiary/aromatic N) is 1. The number of rotatable bonds is 4. The molecule has 2 rings (SSSR count). The van der Waals surface area contributed by atoms with Gasteiger partial charge in [0.05, 0.1) is 6.10 Å². The van der Waals surface area contributed by atoms with Crippen LogP contribution >= 0.6 is 11.6 Å². The highest BCUT2D eigenvalue weighted by molar-refractivity contribution is 6.17. The van der Waals surface area contributed by atoms with Crippen molar-refractivity contribution in [1.29, 1.82) is 0 Å². The predicted molar refractivity (Wildman–Crippen MR) is 68.2 cm³/mol. The second-order valence-corrected chi connectivity index (χ2v) is 4.82. The number of likely N-dealkylation sites (N-methyl/N-ethyl adjacent to an activating group) is 1. The first-order valence-corrected chi connectivity index (χ1v) is 6.52. The van der Waals surface area contributed by atoms with Crippen LogP contribution in [0.4, 0.5) is 14.5 Å². The number of benzene rings is 1. The lowest BCUT2D eigenvalue weighted by Crippen LogP contribution is -2.30. The van der Waals surface area contributed by atoms with Crippen molar-refractivity contribution < 1.29 is 13.5 Å². The Morgan fingerprint density at radius 1 is 1.39 bits per heavy atom. The fourth-order valence-corrected chi connectivity index (χ4v) is 2.40. The first-order chi connectivity index (χ1) is 8.61. The maximum atomic E-state index is 13.8. The fraction of sp³-hybridized carbons (Fsp3) is 0.538. The molecule has 0 spiro atoms. The van der Waals surface area contributed by atoms with Crippen molar-refractivity contribution in [2.24, 2.45) is 0 Å². The predicted octanol–water partition coefficient (Wildman–Crippen LogP) is 3.32. The summed E-state index contributed by atoms with van der Waals surface area (Å²) in [6.45, 7) is 1.22. The minimum absolute atomic E-state index is 0.0145. The highest BCUT2D eigenvalue weighted by Crippen LogP contribution is 2.26. The van der Waals surface area contributed by atoms with E-state index in [2.05, 4.69) is 0 Å². The molecule has 1 unspecified atom stereocenters. The molecule has 1 aromatic carbocycles. The molecule has 1 aliphatic rings. The van der Waals surface area contributed by atoms with Gasteiger partial charge in [-0.3, -0.25) is 0 Å². The van der Waals surface area contributed by atoms with Gasteiger partial charge in [0.1, 0.15) is 17.3 Å². The van der Waals surface area contributed by atoms with E-state index in [-0.39, 0.29) is 17.7 Å². The van der Waals surface area contributed by atoms with Gasteiger partial charge in [-0.05, 0) is 30.5 Å². The van der Waals surface area contributed by atoms with E-state index in [9.17, 15) is 8.78 Å². The van der Waals surface area contributed by atoms with E-state index in [4.69, 9.17) is 16.3 Å². The maximum Gasteiger partial charge on any atom is 0.149 e. The third-order valence-electron chi connectivity index (χ3n) is 3.11. The van der Waals surface area contributed by atoms with Crippen LogP contribution in [0.5, 0.6) is 0 Å². The van der Waals surface area contributed by atoms with E-state index in [1.807, 2.05) is 0 Å². The summed E-state index contributed by atoms with van der Waals surface area (Å²) in [5, 5.41) is 0. The van der Waals surface area contributed by atoms with Gasteiger partial charge in [0.25, 0.3) is 0 Å². The molecule has 0 amide bonds. The molecule has 1 aromatic rings. The first-order valence-electron chi connectivity index (χ1n) is 5.98. The van der Waals surface area contributed by atoms with E-state index < -0.39 is 11.6 Å². The first kappa shape index (κ1) is 13.6. The van der Waals surface area contributed by atoms with E-state index in [1.54, 1.807) is 11.9 Å². The van der Waals surface area contributed by atoms with Crippen molar-refractivity contribution in [1.82, 2.24) is 0 Å². The molecule has 100 valence electrons. The molecule has 0 saturated carbocycles. The standard InChI is InChI=1S/C13H16ClF2NO/c1-17(8-10-3-2-4-18-10)13-11(15)5-9(7-14)6-12(13)16/h5-6,10H,2-4,7-8H2,1H3. The lowest BCUT2D eigenvalue weighted by atomic mass is 10.1. The Labute approximate surface area is 110 Å². The van der Waals surface area contributed by atoms with Gasteiger partial charge in [-0.1, -0.05) is 0 Å². The van der Waals surface area contributed by atoms with Gasteiger partial charge in [-0.25, -0.2) is 8.78 Å². The van der Waals surface area contributed by atoms with Gasteiger partial charge in [0, 0.05) is 26.1 Å². The summed E-state index contributed by atoms with van der Waals surface area (Å²) < 4.78 is 33.1. The molecule has 18 heavy (non-hydrogen) atoms. The van der Waals surface area contributed by atoms with Gasteiger partial charge in [-0.15, -0.1) is 11.6 Å². The van der Waals surface area contributed by atoms with Crippen molar-refractivity contribution in [3.63, 3.8) is 0 Å². The molecule has 1 saturated heterocycles. The zero-order chi connectivity index (χ0) is 13.1. The summed E-state index contributed by atoms with van der Waals surface area (Å²) >= 11 is 5.57. The monoisotopic (exact) mass is 275 g/mol. The van der Waals surface area contributed by atoms with Crippen LogP contribution < -0.4 is 4.90 Å². The van der Waals surface area contributed by atoms with Crippen LogP contribution in [0.15, 0.2) is 12.1 Å². The normalized spacial score (nSPS) is 19.2.